The number of anilines is 2. The van der Waals surface area contributed by atoms with Gasteiger partial charge in [0, 0.05) is 49.7 Å². The van der Waals surface area contributed by atoms with Crippen LogP contribution in [0.3, 0.4) is 0 Å². The Kier molecular flexibility index (Phi) is 9.17. The van der Waals surface area contributed by atoms with E-state index in [-0.39, 0.29) is 21.1 Å². The van der Waals surface area contributed by atoms with Gasteiger partial charge in [0.05, 0.1) is 38.3 Å². The molecule has 4 aliphatic heterocycles. The number of hydrogen-bond donors (Lipinski definition) is 0. The van der Waals surface area contributed by atoms with Gasteiger partial charge in [-0.25, -0.2) is 28.3 Å². The van der Waals surface area contributed by atoms with Crippen molar-refractivity contribution in [2.75, 3.05) is 62.2 Å². The lowest BCUT2D eigenvalue weighted by Crippen LogP contribution is -2.53. The molecular weight excluding hydrogens is 646 g/mol. The first-order valence-electron chi connectivity index (χ1n) is 18.7. The zero-order chi connectivity index (χ0) is 34.3. The Morgan fingerprint density at radius 1 is 0.600 bits per heavy atom. The van der Waals surface area contributed by atoms with Crippen LogP contribution in [0, 0.1) is 0 Å². The summed E-state index contributed by atoms with van der Waals surface area (Å²) in [4.78, 5) is 62.9. The third kappa shape index (κ3) is 7.19. The molecule has 0 aromatic carbocycles. The molecule has 0 radical (unpaired) electrons. The molecule has 2 aliphatic carbocycles. The fourth-order valence-electron chi connectivity index (χ4n) is 7.57. The summed E-state index contributed by atoms with van der Waals surface area (Å²) < 4.78 is 27.5. The number of carbonyl (C=O) groups excluding carboxylic acids is 2. The molecule has 6 aliphatic rings. The van der Waals surface area contributed by atoms with Crippen molar-refractivity contribution in [2.45, 2.75) is 101 Å². The maximum Gasteiger partial charge on any atom is 0.391 e. The summed E-state index contributed by atoms with van der Waals surface area (Å²) in [6.07, 6.45) is 12.0. The molecule has 0 spiro atoms. The molecular formula is C36H48F2N8O4+2. The van der Waals surface area contributed by atoms with Gasteiger partial charge >= 0.3 is 11.9 Å². The fraction of sp³-hybridized carbons (Fsp3) is 0.667. The minimum absolute atomic E-state index is 0.0930. The summed E-state index contributed by atoms with van der Waals surface area (Å²) in [7, 11) is 0. The summed E-state index contributed by atoms with van der Waals surface area (Å²) in [6, 6.07) is 3.70. The second-order valence-electron chi connectivity index (χ2n) is 15.1. The van der Waals surface area contributed by atoms with E-state index >= 15 is 0 Å². The average Bonchev–Trinajstić information content (AvgIpc) is 3.97. The Bertz CT molecular complexity index is 1490. The van der Waals surface area contributed by atoms with Gasteiger partial charge in [-0.05, 0) is 51.4 Å². The number of halogens is 2. The zero-order valence-corrected chi connectivity index (χ0v) is 28.7. The molecule has 4 saturated heterocycles. The van der Waals surface area contributed by atoms with E-state index in [4.69, 9.17) is 29.6 Å². The standard InChI is InChI=1S/C36H48F2N8O4/c37-27-21-43(22-27)29-19-31(41-35(39-29)25-9-10-25)45(15-5-1-2-6-16-45)49-33(47)13-14-34(48)50-46(17-7-3-4-8-18-46)32-20-30(44-23-28(38)24-44)40-36(42-32)26-11-12-26/h13-14,19-20,25-28H,1-12,15-18,21-24H2/q+2/b14-13+. The maximum absolute atomic E-state index is 13.8. The third-order valence-corrected chi connectivity index (χ3v) is 10.9. The normalized spacial score (nSPS) is 24.2. The van der Waals surface area contributed by atoms with Crippen molar-refractivity contribution in [3.05, 3.63) is 35.9 Å². The van der Waals surface area contributed by atoms with E-state index in [0.29, 0.717) is 75.6 Å². The number of aromatic nitrogens is 4. The van der Waals surface area contributed by atoms with Crippen molar-refractivity contribution in [1.82, 2.24) is 29.2 Å². The lowest BCUT2D eigenvalue weighted by Gasteiger charge is -2.37. The van der Waals surface area contributed by atoms with E-state index in [1.807, 2.05) is 21.9 Å². The Morgan fingerprint density at radius 2 is 0.960 bits per heavy atom. The molecule has 6 heterocycles. The van der Waals surface area contributed by atoms with Crippen LogP contribution >= 0.6 is 0 Å². The molecule has 0 bridgehead atoms. The van der Waals surface area contributed by atoms with Crippen molar-refractivity contribution in [1.29, 1.82) is 0 Å². The van der Waals surface area contributed by atoms with Crippen molar-refractivity contribution >= 4 is 35.2 Å². The van der Waals surface area contributed by atoms with E-state index in [9.17, 15) is 18.4 Å². The van der Waals surface area contributed by atoms with E-state index in [1.54, 1.807) is 0 Å². The van der Waals surface area contributed by atoms with Crippen LogP contribution in [0.1, 0.15) is 101 Å². The lowest BCUT2D eigenvalue weighted by molar-refractivity contribution is -0.183. The van der Waals surface area contributed by atoms with Gasteiger partial charge in [0.25, 0.3) is 11.6 Å². The highest BCUT2D eigenvalue weighted by Crippen LogP contribution is 2.42. The smallest absolute Gasteiger partial charge is 0.350 e. The van der Waals surface area contributed by atoms with Crippen molar-refractivity contribution in [2.24, 2.45) is 0 Å². The Morgan fingerprint density at radius 3 is 1.28 bits per heavy atom. The summed E-state index contributed by atoms with van der Waals surface area (Å²) >= 11 is 0. The number of rotatable bonds is 10. The second-order valence-corrected chi connectivity index (χ2v) is 15.1. The van der Waals surface area contributed by atoms with Crippen LogP contribution in [0.5, 0.6) is 0 Å². The predicted octanol–water partition coefficient (Wildman–Crippen LogP) is 5.27. The Labute approximate surface area is 291 Å². The second kappa shape index (κ2) is 13.7. The van der Waals surface area contributed by atoms with E-state index in [0.717, 1.165) is 101 Å². The van der Waals surface area contributed by atoms with Crippen LogP contribution in [-0.4, -0.2) is 96.6 Å². The number of nitrogens with zero attached hydrogens (tertiary/aromatic N) is 8. The molecule has 12 nitrogen and oxygen atoms in total. The van der Waals surface area contributed by atoms with Gasteiger partial charge in [-0.1, -0.05) is 9.29 Å². The molecule has 50 heavy (non-hydrogen) atoms. The first kappa shape index (κ1) is 33.4. The first-order chi connectivity index (χ1) is 24.3. The van der Waals surface area contributed by atoms with E-state index < -0.39 is 24.3 Å². The summed E-state index contributed by atoms with van der Waals surface area (Å²) in [5.41, 5.74) is 0. The van der Waals surface area contributed by atoms with Gasteiger partial charge in [0.1, 0.15) is 61.8 Å². The molecule has 2 aromatic rings. The molecule has 14 heteroatoms. The maximum atomic E-state index is 13.8. The molecule has 2 aromatic heterocycles. The highest BCUT2D eigenvalue weighted by Gasteiger charge is 2.44. The number of hydrogen-bond acceptors (Lipinski definition) is 10. The van der Waals surface area contributed by atoms with Crippen LogP contribution in [0.15, 0.2) is 24.3 Å². The Balaban J connectivity index is 1.03. The van der Waals surface area contributed by atoms with Crippen molar-refractivity contribution in [3.63, 3.8) is 0 Å². The number of quaternary nitrogens is 2. The third-order valence-electron chi connectivity index (χ3n) is 10.9. The topological polar surface area (TPSA) is 111 Å². The van der Waals surface area contributed by atoms with Gasteiger partial charge < -0.3 is 9.80 Å². The molecule has 268 valence electrons. The van der Waals surface area contributed by atoms with Gasteiger partial charge in [-0.2, -0.15) is 9.97 Å². The molecule has 0 unspecified atom stereocenters. The van der Waals surface area contributed by atoms with Crippen LogP contribution < -0.4 is 19.1 Å². The van der Waals surface area contributed by atoms with Crippen molar-refractivity contribution < 1.29 is 28.0 Å². The van der Waals surface area contributed by atoms with E-state index in [2.05, 4.69) is 0 Å². The molecule has 2 saturated carbocycles. The fourth-order valence-corrected chi connectivity index (χ4v) is 7.57. The quantitative estimate of drug-likeness (QED) is 0.241. The van der Waals surface area contributed by atoms with Gasteiger partial charge in [0.2, 0.25) is 0 Å². The van der Waals surface area contributed by atoms with Crippen LogP contribution in [0.25, 0.3) is 0 Å². The average molecular weight is 695 g/mol. The van der Waals surface area contributed by atoms with Crippen LogP contribution in [-0.2, 0) is 19.3 Å². The minimum atomic E-state index is -0.876. The summed E-state index contributed by atoms with van der Waals surface area (Å²) in [5.74, 6) is 3.20. The molecule has 0 N–H and O–H groups in total. The molecule has 8 rings (SSSR count). The van der Waals surface area contributed by atoms with Crippen LogP contribution in [0.2, 0.25) is 0 Å². The molecule has 0 atom stereocenters. The molecule has 6 fully saturated rings. The predicted molar refractivity (Wildman–Crippen MR) is 184 cm³/mol. The number of alkyl halides is 2. The highest BCUT2D eigenvalue weighted by molar-refractivity contribution is 5.92. The lowest BCUT2D eigenvalue weighted by atomic mass is 10.2. The van der Waals surface area contributed by atoms with Gasteiger partial charge in [0.15, 0.2) is 0 Å². The van der Waals surface area contributed by atoms with Gasteiger partial charge in [-0.3, -0.25) is 9.68 Å². The summed E-state index contributed by atoms with van der Waals surface area (Å²) in [6.45, 7) is 3.37. The van der Waals surface area contributed by atoms with Crippen LogP contribution in [0.4, 0.5) is 32.1 Å². The number of carbonyl (C=O) groups is 2. The molecule has 0 amide bonds. The first-order valence-corrected chi connectivity index (χ1v) is 18.7. The highest BCUT2D eigenvalue weighted by atomic mass is 19.1. The minimum Gasteiger partial charge on any atom is -0.350 e. The number of hydroxylamine groups is 4. The van der Waals surface area contributed by atoms with Crippen molar-refractivity contribution in [3.8, 4) is 0 Å². The SMILES string of the molecule is O=C(/C=C/C(=O)O[N+]1(c2cc(N3CC(F)C3)nc(C3CC3)n2)CCCCCC1)O[N+]1(c2cc(N3CC(F)C3)nc(C3CC3)n2)CCCCCC1. The largest absolute Gasteiger partial charge is 0.391 e. The monoisotopic (exact) mass is 694 g/mol. The summed E-state index contributed by atoms with van der Waals surface area (Å²) in [5, 5.41) is 0. The van der Waals surface area contributed by atoms with Gasteiger partial charge in [-0.15, -0.1) is 0 Å². The van der Waals surface area contributed by atoms with E-state index in [1.165, 1.54) is 0 Å². The Hall–Kier alpha value is -3.78. The zero-order valence-electron chi connectivity index (χ0n) is 28.7.